The largest absolute Gasteiger partial charge is 0.373 e. The Balaban J connectivity index is -0.00000132. The van der Waals surface area contributed by atoms with Crippen molar-refractivity contribution < 1.29 is 14.9 Å². The molecule has 2 rings (SSSR count). The fraction of sp³-hybridized carbons (Fsp3) is 0.250. The lowest BCUT2D eigenvalue weighted by molar-refractivity contribution is 0.103. The lowest BCUT2D eigenvalue weighted by Gasteiger charge is -2.14. The van der Waals surface area contributed by atoms with E-state index >= 15 is 0 Å². The monoisotopic (exact) mass is 329 g/mol. The Bertz CT molecular complexity index is 705. The number of benzene rings is 1. The maximum absolute atomic E-state index is 14.6. The van der Waals surface area contributed by atoms with Crippen LogP contribution in [-0.2, 0) is 0 Å². The van der Waals surface area contributed by atoms with Crippen LogP contribution >= 0.6 is 11.6 Å². The van der Waals surface area contributed by atoms with Crippen LogP contribution in [0.5, 0.6) is 0 Å². The van der Waals surface area contributed by atoms with Crippen molar-refractivity contribution in [2.24, 2.45) is 5.73 Å². The number of carbonyl (C=O) groups excluding carboxylic acids is 1. The van der Waals surface area contributed by atoms with Crippen LogP contribution in [0.2, 0.25) is 5.02 Å². The lowest BCUT2D eigenvalue weighted by Crippen LogP contribution is -2.15. The fourth-order valence-corrected chi connectivity index (χ4v) is 2.34. The van der Waals surface area contributed by atoms with E-state index in [9.17, 15) is 9.18 Å². The molecular formula is C16H25ClFN3O. The number of anilines is 1. The minimum Gasteiger partial charge on any atom is -0.373 e. The van der Waals surface area contributed by atoms with E-state index in [-0.39, 0.29) is 27.4 Å². The van der Waals surface area contributed by atoms with Crippen LogP contribution in [0.25, 0.3) is 0 Å². The third-order valence-electron chi connectivity index (χ3n) is 3.47. The average Bonchev–Trinajstić information content (AvgIpc) is 2.54. The molecule has 0 spiro atoms. The molecule has 2 aromatic rings. The van der Waals surface area contributed by atoms with Gasteiger partial charge in [0.25, 0.3) is 0 Å². The molecule has 0 saturated heterocycles. The van der Waals surface area contributed by atoms with Crippen molar-refractivity contribution in [3.63, 3.8) is 0 Å². The van der Waals surface area contributed by atoms with Crippen molar-refractivity contribution >= 4 is 23.2 Å². The zero-order chi connectivity index (χ0) is 16.3. The van der Waals surface area contributed by atoms with Crippen LogP contribution in [0.4, 0.5) is 10.2 Å². The maximum atomic E-state index is 14.6. The highest BCUT2D eigenvalue weighted by Gasteiger charge is 2.22. The second-order valence-electron chi connectivity index (χ2n) is 4.85. The predicted molar refractivity (Wildman–Crippen MR) is 94.3 cm³/mol. The molecule has 0 bridgehead atoms. The number of halogens is 2. The highest BCUT2D eigenvalue weighted by molar-refractivity contribution is 6.35. The molecule has 3 N–H and O–H groups in total. The zero-order valence-electron chi connectivity index (χ0n) is 12.4. The predicted octanol–water partition coefficient (Wildman–Crippen LogP) is 4.54. The number of aromatic nitrogens is 1. The number of pyridine rings is 1. The average molecular weight is 330 g/mol. The summed E-state index contributed by atoms with van der Waals surface area (Å²) in [6, 6.07) is 5.75. The standard InChI is InChI=1S/C16H17ClFN3O.4H2/c1-3-12(19)10-5-6-11(17)14(15(10)18)16(22)9-4-7-13(20-2)21-8-9;;;;/h4-8,12H,3,19H2,1-2H3,(H,20,21);4*1H/t12-;;;;/m1..../s1. The molecule has 0 amide bonds. The van der Waals surface area contributed by atoms with Gasteiger partial charge in [-0.3, -0.25) is 4.79 Å². The van der Waals surface area contributed by atoms with E-state index in [2.05, 4.69) is 10.3 Å². The highest BCUT2D eigenvalue weighted by Crippen LogP contribution is 2.28. The van der Waals surface area contributed by atoms with Gasteiger partial charge in [-0.05, 0) is 24.6 Å². The zero-order valence-corrected chi connectivity index (χ0v) is 13.1. The van der Waals surface area contributed by atoms with Gasteiger partial charge in [-0.25, -0.2) is 9.37 Å². The van der Waals surface area contributed by atoms with Crippen LogP contribution in [0.1, 0.15) is 46.6 Å². The van der Waals surface area contributed by atoms with Gasteiger partial charge in [0.05, 0.1) is 10.6 Å². The first-order chi connectivity index (χ1) is 10.5. The summed E-state index contributed by atoms with van der Waals surface area (Å²) in [6.45, 7) is 1.85. The van der Waals surface area contributed by atoms with E-state index in [4.69, 9.17) is 17.3 Å². The van der Waals surface area contributed by atoms with Gasteiger partial charge < -0.3 is 11.1 Å². The number of nitrogens with one attached hydrogen (secondary N) is 1. The van der Waals surface area contributed by atoms with Crippen molar-refractivity contribution in [3.8, 4) is 0 Å². The van der Waals surface area contributed by atoms with Gasteiger partial charge in [0.1, 0.15) is 11.6 Å². The number of ketones is 1. The molecule has 0 aliphatic heterocycles. The molecular weight excluding hydrogens is 305 g/mol. The minimum atomic E-state index is -0.662. The molecule has 22 heavy (non-hydrogen) atoms. The minimum absolute atomic E-state index is 0. The number of carbonyl (C=O) groups is 1. The van der Waals surface area contributed by atoms with E-state index < -0.39 is 17.6 Å². The number of rotatable bonds is 5. The summed E-state index contributed by atoms with van der Waals surface area (Å²) in [5, 5.41) is 2.91. The first-order valence-corrected chi connectivity index (χ1v) is 7.29. The molecule has 1 aromatic heterocycles. The van der Waals surface area contributed by atoms with Gasteiger partial charge in [-0.1, -0.05) is 24.6 Å². The smallest absolute Gasteiger partial charge is 0.199 e. The Morgan fingerprint density at radius 3 is 2.73 bits per heavy atom. The van der Waals surface area contributed by atoms with E-state index in [1.54, 1.807) is 19.2 Å². The normalized spacial score (nSPS) is 12.0. The summed E-state index contributed by atoms with van der Waals surface area (Å²) in [7, 11) is 1.72. The molecule has 0 unspecified atom stereocenters. The third kappa shape index (κ3) is 3.10. The lowest BCUT2D eigenvalue weighted by atomic mass is 9.97. The van der Waals surface area contributed by atoms with Crippen LogP contribution in [-0.4, -0.2) is 17.8 Å². The molecule has 4 nitrogen and oxygen atoms in total. The van der Waals surface area contributed by atoms with Gasteiger partial charge in [0.2, 0.25) is 0 Å². The molecule has 0 aliphatic rings. The summed E-state index contributed by atoms with van der Waals surface area (Å²) in [4.78, 5) is 16.6. The molecule has 0 fully saturated rings. The van der Waals surface area contributed by atoms with Crippen LogP contribution < -0.4 is 11.1 Å². The molecule has 1 aromatic carbocycles. The summed E-state index contributed by atoms with van der Waals surface area (Å²) >= 11 is 6.02. The van der Waals surface area contributed by atoms with Crippen molar-refractivity contribution in [2.45, 2.75) is 19.4 Å². The van der Waals surface area contributed by atoms with Crippen molar-refractivity contribution in [1.82, 2.24) is 4.98 Å². The fourth-order valence-electron chi connectivity index (χ4n) is 2.10. The third-order valence-corrected chi connectivity index (χ3v) is 3.78. The van der Waals surface area contributed by atoms with Crippen molar-refractivity contribution in [1.29, 1.82) is 0 Å². The molecule has 124 valence electrons. The first-order valence-electron chi connectivity index (χ1n) is 6.91. The summed E-state index contributed by atoms with van der Waals surface area (Å²) in [5.41, 5.74) is 6.26. The Hall–Kier alpha value is -1.98. The van der Waals surface area contributed by atoms with Crippen molar-refractivity contribution in [3.05, 3.63) is 58.0 Å². The SMILES string of the molecule is CC[C@@H](N)c1ccc(Cl)c(C(=O)c2ccc(NC)nc2)c1F.[HH].[HH].[HH].[HH]. The van der Waals surface area contributed by atoms with Gasteiger partial charge in [-0.2, -0.15) is 0 Å². The molecule has 6 heteroatoms. The second kappa shape index (κ2) is 6.85. The van der Waals surface area contributed by atoms with Gasteiger partial charge in [0, 0.05) is 36.1 Å². The Morgan fingerprint density at radius 2 is 2.18 bits per heavy atom. The maximum Gasteiger partial charge on any atom is 0.199 e. The Morgan fingerprint density at radius 1 is 1.45 bits per heavy atom. The van der Waals surface area contributed by atoms with E-state index in [0.29, 0.717) is 12.2 Å². The second-order valence-corrected chi connectivity index (χ2v) is 5.26. The van der Waals surface area contributed by atoms with Crippen LogP contribution in [0, 0.1) is 5.82 Å². The summed E-state index contributed by atoms with van der Waals surface area (Å²) in [6.07, 6.45) is 1.95. The number of nitrogens with two attached hydrogens (primary N) is 1. The van der Waals surface area contributed by atoms with E-state index in [0.717, 1.165) is 0 Å². The molecule has 0 aliphatic carbocycles. The van der Waals surface area contributed by atoms with E-state index in [1.807, 2.05) is 6.92 Å². The number of nitrogens with zero attached hydrogens (tertiary/aromatic N) is 1. The van der Waals surface area contributed by atoms with Gasteiger partial charge >= 0.3 is 0 Å². The highest BCUT2D eigenvalue weighted by atomic mass is 35.5. The molecule has 1 heterocycles. The van der Waals surface area contributed by atoms with Crippen LogP contribution in [0.3, 0.4) is 0 Å². The summed E-state index contributed by atoms with van der Waals surface area (Å²) < 4.78 is 14.6. The topological polar surface area (TPSA) is 68.0 Å². The molecule has 0 saturated carbocycles. The summed E-state index contributed by atoms with van der Waals surface area (Å²) in [5.74, 6) is -0.558. The number of hydrogen-bond donors (Lipinski definition) is 2. The molecule has 0 radical (unpaired) electrons. The molecule has 1 atom stereocenters. The van der Waals surface area contributed by atoms with Gasteiger partial charge in [0.15, 0.2) is 5.78 Å². The van der Waals surface area contributed by atoms with Crippen LogP contribution in [0.15, 0.2) is 30.5 Å². The van der Waals surface area contributed by atoms with E-state index in [1.165, 1.54) is 18.3 Å². The van der Waals surface area contributed by atoms with Crippen molar-refractivity contribution in [2.75, 3.05) is 12.4 Å². The Kier molecular flexibility index (Phi) is 5.11. The number of hydrogen-bond acceptors (Lipinski definition) is 4. The Labute approximate surface area is 139 Å². The quantitative estimate of drug-likeness (QED) is 0.790. The first kappa shape index (κ1) is 16.4. The van der Waals surface area contributed by atoms with Gasteiger partial charge in [-0.15, -0.1) is 0 Å².